The first-order valence-corrected chi connectivity index (χ1v) is 4.43. The number of imidazole rings is 1. The minimum atomic E-state index is -0.309. The van der Waals surface area contributed by atoms with Crippen LogP contribution in [-0.2, 0) is 0 Å². The molecule has 3 N–H and O–H groups in total. The van der Waals surface area contributed by atoms with Crippen LogP contribution in [0.4, 0.5) is 0 Å². The van der Waals surface area contributed by atoms with Crippen LogP contribution < -0.4 is 5.32 Å². The first-order chi connectivity index (χ1) is 7.27. The molecule has 0 spiro atoms. The second-order valence-corrected chi connectivity index (χ2v) is 3.00. The molecule has 2 rings (SSSR count). The summed E-state index contributed by atoms with van der Waals surface area (Å²) in [7, 11) is 0. The zero-order chi connectivity index (χ0) is 10.7. The van der Waals surface area contributed by atoms with Crippen molar-refractivity contribution >= 4 is 5.91 Å². The normalized spacial score (nSPS) is 12.3. The molecule has 7 nitrogen and oxygen atoms in total. The number of nitrogens with one attached hydrogen (secondary N) is 3. The van der Waals surface area contributed by atoms with Crippen molar-refractivity contribution in [3.63, 3.8) is 0 Å². The van der Waals surface area contributed by atoms with Crippen LogP contribution in [0.2, 0.25) is 0 Å². The summed E-state index contributed by atoms with van der Waals surface area (Å²) in [6.45, 7) is 1.83. The summed E-state index contributed by atoms with van der Waals surface area (Å²) in [5.41, 5.74) is 0. The minimum Gasteiger partial charge on any atom is -0.347 e. The Morgan fingerprint density at radius 3 is 3.00 bits per heavy atom. The van der Waals surface area contributed by atoms with Crippen LogP contribution >= 0.6 is 0 Å². The summed E-state index contributed by atoms with van der Waals surface area (Å²) in [6, 6.07) is -0.197. The van der Waals surface area contributed by atoms with Gasteiger partial charge in [0.25, 0.3) is 5.91 Å². The van der Waals surface area contributed by atoms with Crippen molar-refractivity contribution in [2.45, 2.75) is 13.0 Å². The van der Waals surface area contributed by atoms with Crippen molar-refractivity contribution in [2.24, 2.45) is 0 Å². The molecular weight excluding hydrogens is 196 g/mol. The van der Waals surface area contributed by atoms with Crippen LogP contribution in [0.3, 0.4) is 0 Å². The van der Waals surface area contributed by atoms with Gasteiger partial charge in [0.2, 0.25) is 5.82 Å². The van der Waals surface area contributed by atoms with Crippen LogP contribution in [0.5, 0.6) is 0 Å². The van der Waals surface area contributed by atoms with Crippen LogP contribution in [0.1, 0.15) is 29.4 Å². The van der Waals surface area contributed by atoms with E-state index >= 15 is 0 Å². The van der Waals surface area contributed by atoms with Crippen molar-refractivity contribution in [2.75, 3.05) is 0 Å². The monoisotopic (exact) mass is 206 g/mol. The fourth-order valence-electron chi connectivity index (χ4n) is 1.16. The fraction of sp³-hybridized carbons (Fsp3) is 0.250. The van der Waals surface area contributed by atoms with Gasteiger partial charge >= 0.3 is 0 Å². The number of rotatable bonds is 3. The third-order valence-electron chi connectivity index (χ3n) is 1.91. The number of carbonyl (C=O) groups is 1. The van der Waals surface area contributed by atoms with Gasteiger partial charge < -0.3 is 10.3 Å². The minimum absolute atomic E-state index is 0.188. The highest BCUT2D eigenvalue weighted by molar-refractivity contribution is 5.90. The number of aromatic nitrogens is 5. The Bertz CT molecular complexity index is 420. The number of nitrogens with zero attached hydrogens (tertiary/aromatic N) is 3. The van der Waals surface area contributed by atoms with E-state index in [1.807, 2.05) is 6.92 Å². The quantitative estimate of drug-likeness (QED) is 0.659. The molecule has 2 aromatic heterocycles. The van der Waals surface area contributed by atoms with E-state index in [1.165, 1.54) is 6.33 Å². The molecule has 0 radical (unpaired) electrons. The summed E-state index contributed by atoms with van der Waals surface area (Å²) in [4.78, 5) is 22.2. The van der Waals surface area contributed by atoms with Gasteiger partial charge in [-0.15, -0.1) is 0 Å². The number of hydrogen-bond acceptors (Lipinski definition) is 4. The van der Waals surface area contributed by atoms with E-state index < -0.39 is 0 Å². The molecular formula is C8H10N6O. The molecule has 15 heavy (non-hydrogen) atoms. The largest absolute Gasteiger partial charge is 0.347 e. The van der Waals surface area contributed by atoms with Gasteiger partial charge in [-0.2, -0.15) is 5.10 Å². The van der Waals surface area contributed by atoms with E-state index in [0.29, 0.717) is 5.82 Å². The molecule has 0 aromatic carbocycles. The average Bonchev–Trinajstić information content (AvgIpc) is 2.91. The Morgan fingerprint density at radius 1 is 1.53 bits per heavy atom. The molecule has 0 aliphatic heterocycles. The molecule has 0 saturated heterocycles. The van der Waals surface area contributed by atoms with E-state index in [0.717, 1.165) is 0 Å². The Morgan fingerprint density at radius 2 is 2.40 bits per heavy atom. The Kier molecular flexibility index (Phi) is 2.44. The van der Waals surface area contributed by atoms with Crippen molar-refractivity contribution in [1.29, 1.82) is 0 Å². The van der Waals surface area contributed by atoms with Crippen molar-refractivity contribution < 1.29 is 4.79 Å². The third-order valence-corrected chi connectivity index (χ3v) is 1.91. The smallest absolute Gasteiger partial charge is 0.289 e. The zero-order valence-electron chi connectivity index (χ0n) is 8.06. The topological polar surface area (TPSA) is 99.3 Å². The van der Waals surface area contributed by atoms with Gasteiger partial charge in [0.15, 0.2) is 0 Å². The molecule has 0 fully saturated rings. The fourth-order valence-corrected chi connectivity index (χ4v) is 1.16. The molecule has 0 aliphatic rings. The van der Waals surface area contributed by atoms with Gasteiger partial charge in [-0.25, -0.2) is 9.97 Å². The van der Waals surface area contributed by atoms with Gasteiger partial charge in [-0.1, -0.05) is 0 Å². The second-order valence-electron chi connectivity index (χ2n) is 3.00. The molecule has 0 bridgehead atoms. The highest BCUT2D eigenvalue weighted by Gasteiger charge is 2.14. The second kappa shape index (κ2) is 3.91. The lowest BCUT2D eigenvalue weighted by molar-refractivity contribution is 0.0928. The van der Waals surface area contributed by atoms with Crippen LogP contribution in [0.25, 0.3) is 0 Å². The number of amides is 1. The zero-order valence-corrected chi connectivity index (χ0v) is 8.06. The standard InChI is InChI=1S/C8H10N6O/c1-5(6-9-2-3-10-6)13-8(15)7-11-4-12-14-7/h2-5H,1H3,(H,9,10)(H,13,15)(H,11,12,14). The van der Waals surface area contributed by atoms with Gasteiger partial charge in [0.1, 0.15) is 12.2 Å². The molecule has 1 atom stereocenters. The van der Waals surface area contributed by atoms with E-state index in [2.05, 4.69) is 30.5 Å². The van der Waals surface area contributed by atoms with Gasteiger partial charge in [0, 0.05) is 12.4 Å². The molecule has 7 heteroatoms. The summed E-state index contributed by atoms with van der Waals surface area (Å²) < 4.78 is 0. The molecule has 0 saturated carbocycles. The lowest BCUT2D eigenvalue weighted by atomic mass is 10.3. The number of hydrogen-bond donors (Lipinski definition) is 3. The Labute approximate surface area is 85.3 Å². The van der Waals surface area contributed by atoms with Crippen molar-refractivity contribution in [1.82, 2.24) is 30.5 Å². The van der Waals surface area contributed by atoms with Gasteiger partial charge in [-0.05, 0) is 6.92 Å². The number of carbonyl (C=O) groups excluding carboxylic acids is 1. The average molecular weight is 206 g/mol. The summed E-state index contributed by atoms with van der Waals surface area (Å²) in [6.07, 6.45) is 4.62. The highest BCUT2D eigenvalue weighted by Crippen LogP contribution is 2.05. The highest BCUT2D eigenvalue weighted by atomic mass is 16.2. The summed E-state index contributed by atoms with van der Waals surface area (Å²) in [5.74, 6) is 0.577. The predicted octanol–water partition coefficient (Wildman–Crippen LogP) is 0.0188. The molecule has 1 amide bonds. The molecule has 78 valence electrons. The number of H-pyrrole nitrogens is 2. The van der Waals surface area contributed by atoms with Crippen molar-refractivity contribution in [3.05, 3.63) is 30.4 Å². The molecule has 0 aliphatic carbocycles. The maximum Gasteiger partial charge on any atom is 0.289 e. The first kappa shape index (κ1) is 9.38. The third kappa shape index (κ3) is 2.01. The Balaban J connectivity index is 2.01. The van der Waals surface area contributed by atoms with Crippen LogP contribution in [0, 0.1) is 0 Å². The van der Waals surface area contributed by atoms with Crippen LogP contribution in [-0.4, -0.2) is 31.1 Å². The lowest BCUT2D eigenvalue weighted by Crippen LogP contribution is -2.28. The van der Waals surface area contributed by atoms with E-state index in [1.54, 1.807) is 12.4 Å². The predicted molar refractivity (Wildman–Crippen MR) is 50.9 cm³/mol. The maximum absolute atomic E-state index is 11.5. The molecule has 2 aromatic rings. The molecule has 1 unspecified atom stereocenters. The summed E-state index contributed by atoms with van der Waals surface area (Å²) >= 11 is 0. The van der Waals surface area contributed by atoms with Gasteiger partial charge in [-0.3, -0.25) is 9.89 Å². The SMILES string of the molecule is CC(NC(=O)c1ncn[nH]1)c1ncc[nH]1. The Hall–Kier alpha value is -2.18. The van der Waals surface area contributed by atoms with Gasteiger partial charge in [0.05, 0.1) is 6.04 Å². The maximum atomic E-state index is 11.5. The lowest BCUT2D eigenvalue weighted by Gasteiger charge is -2.09. The van der Waals surface area contributed by atoms with E-state index in [-0.39, 0.29) is 17.8 Å². The molecule has 2 heterocycles. The summed E-state index contributed by atoms with van der Waals surface area (Å²) in [5, 5.41) is 8.79. The first-order valence-electron chi connectivity index (χ1n) is 4.43. The van der Waals surface area contributed by atoms with E-state index in [9.17, 15) is 4.79 Å². The number of aromatic amines is 2. The van der Waals surface area contributed by atoms with Crippen molar-refractivity contribution in [3.8, 4) is 0 Å². The van der Waals surface area contributed by atoms with E-state index in [4.69, 9.17) is 0 Å². The van der Waals surface area contributed by atoms with Crippen LogP contribution in [0.15, 0.2) is 18.7 Å².